The van der Waals surface area contributed by atoms with Gasteiger partial charge in [-0.1, -0.05) is 62.0 Å². The maximum absolute atomic E-state index is 12.7. The summed E-state index contributed by atoms with van der Waals surface area (Å²) in [6, 6.07) is 27.0. The third-order valence-electron chi connectivity index (χ3n) is 6.12. The molecule has 3 aromatic carbocycles. The predicted molar refractivity (Wildman–Crippen MR) is 150 cm³/mol. The molecule has 7 nitrogen and oxygen atoms in total. The molecule has 0 aliphatic heterocycles. The molecule has 0 saturated heterocycles. The van der Waals surface area contributed by atoms with E-state index in [0.29, 0.717) is 39.7 Å². The number of rotatable bonds is 9. The molecule has 8 heteroatoms. The van der Waals surface area contributed by atoms with Crippen molar-refractivity contribution in [3.8, 4) is 23.0 Å². The molecule has 2 aromatic heterocycles. The summed E-state index contributed by atoms with van der Waals surface area (Å²) in [6.45, 7) is 4.29. The van der Waals surface area contributed by atoms with E-state index < -0.39 is 0 Å². The number of hydrogen-bond donors (Lipinski definition) is 1. The Morgan fingerprint density at radius 3 is 2.42 bits per heavy atom. The number of carbonyl (C=O) groups is 1. The Morgan fingerprint density at radius 2 is 1.74 bits per heavy atom. The normalized spacial score (nSPS) is 11.1. The van der Waals surface area contributed by atoms with Crippen LogP contribution in [0.2, 0.25) is 0 Å². The van der Waals surface area contributed by atoms with E-state index in [1.807, 2.05) is 89.5 Å². The lowest BCUT2D eigenvalue weighted by atomic mass is 10.0. The zero-order valence-electron chi connectivity index (χ0n) is 21.4. The molecule has 0 aliphatic rings. The quantitative estimate of drug-likeness (QED) is 0.205. The SMILES string of the molecule is COc1ccccc1-n1c(SCc2ccc(C(=O)Nc3ccc(C(C)C)cc3)cc2)nnc1-c1ccco1. The van der Waals surface area contributed by atoms with Crippen LogP contribution in [-0.4, -0.2) is 27.8 Å². The third-order valence-corrected chi connectivity index (χ3v) is 7.12. The zero-order valence-corrected chi connectivity index (χ0v) is 22.2. The maximum atomic E-state index is 12.7. The van der Waals surface area contributed by atoms with E-state index in [2.05, 4.69) is 29.4 Å². The Morgan fingerprint density at radius 1 is 0.974 bits per heavy atom. The number of ether oxygens (including phenoxy) is 1. The summed E-state index contributed by atoms with van der Waals surface area (Å²) in [4.78, 5) is 12.7. The van der Waals surface area contributed by atoms with Crippen LogP contribution in [0.4, 0.5) is 5.69 Å². The fourth-order valence-electron chi connectivity index (χ4n) is 4.02. The molecule has 5 rings (SSSR count). The largest absolute Gasteiger partial charge is 0.495 e. The zero-order chi connectivity index (χ0) is 26.5. The van der Waals surface area contributed by atoms with E-state index in [0.717, 1.165) is 16.9 Å². The van der Waals surface area contributed by atoms with Gasteiger partial charge in [0.15, 0.2) is 10.9 Å². The molecule has 0 saturated carbocycles. The van der Waals surface area contributed by atoms with Crippen LogP contribution < -0.4 is 10.1 Å². The van der Waals surface area contributed by atoms with Crippen molar-refractivity contribution in [3.05, 3.63) is 108 Å². The van der Waals surface area contributed by atoms with E-state index in [1.54, 1.807) is 25.1 Å². The molecule has 0 spiro atoms. The number of nitrogens with zero attached hydrogens (tertiary/aromatic N) is 3. The molecule has 0 fully saturated rings. The molecule has 2 heterocycles. The summed E-state index contributed by atoms with van der Waals surface area (Å²) >= 11 is 1.54. The predicted octanol–water partition coefficient (Wildman–Crippen LogP) is 7.20. The standard InChI is InChI=1S/C30H28N4O3S/c1-20(2)22-14-16-24(17-15-22)31-29(35)23-12-10-21(11-13-23)19-38-30-33-32-28(27-9-6-18-37-27)34(30)25-7-4-5-8-26(25)36-3/h4-18,20H,19H2,1-3H3,(H,31,35). The number of thioether (sulfide) groups is 1. The number of nitrogens with one attached hydrogen (secondary N) is 1. The van der Waals surface area contributed by atoms with Gasteiger partial charge in [0.05, 0.1) is 19.1 Å². The van der Waals surface area contributed by atoms with Crippen molar-refractivity contribution in [1.82, 2.24) is 14.8 Å². The van der Waals surface area contributed by atoms with Gasteiger partial charge < -0.3 is 14.5 Å². The molecule has 0 atom stereocenters. The van der Waals surface area contributed by atoms with Crippen molar-refractivity contribution in [3.63, 3.8) is 0 Å². The first-order chi connectivity index (χ1) is 18.5. The van der Waals surface area contributed by atoms with Crippen LogP contribution in [-0.2, 0) is 5.75 Å². The first kappa shape index (κ1) is 25.4. The minimum Gasteiger partial charge on any atom is -0.495 e. The number of aromatic nitrogens is 3. The Balaban J connectivity index is 1.31. The summed E-state index contributed by atoms with van der Waals surface area (Å²) < 4.78 is 13.2. The highest BCUT2D eigenvalue weighted by atomic mass is 32.2. The minimum absolute atomic E-state index is 0.138. The second-order valence-electron chi connectivity index (χ2n) is 9.01. The van der Waals surface area contributed by atoms with Gasteiger partial charge >= 0.3 is 0 Å². The number of furan rings is 1. The van der Waals surface area contributed by atoms with Crippen molar-refractivity contribution < 1.29 is 13.9 Å². The molecule has 0 radical (unpaired) electrons. The molecule has 5 aromatic rings. The van der Waals surface area contributed by atoms with Gasteiger partial charge in [-0.15, -0.1) is 10.2 Å². The maximum Gasteiger partial charge on any atom is 0.255 e. The Labute approximate surface area is 225 Å². The Kier molecular flexibility index (Phi) is 7.60. The second-order valence-corrected chi connectivity index (χ2v) is 9.95. The van der Waals surface area contributed by atoms with Gasteiger partial charge in [-0.2, -0.15) is 0 Å². The van der Waals surface area contributed by atoms with E-state index in [9.17, 15) is 4.79 Å². The van der Waals surface area contributed by atoms with E-state index in [4.69, 9.17) is 9.15 Å². The van der Waals surface area contributed by atoms with Crippen LogP contribution in [0.1, 0.15) is 41.3 Å². The fourth-order valence-corrected chi connectivity index (χ4v) is 4.92. The van der Waals surface area contributed by atoms with Crippen LogP contribution >= 0.6 is 11.8 Å². The number of para-hydroxylation sites is 2. The highest BCUT2D eigenvalue weighted by molar-refractivity contribution is 7.98. The summed E-state index contributed by atoms with van der Waals surface area (Å²) in [5, 5.41) is 12.5. The summed E-state index contributed by atoms with van der Waals surface area (Å²) in [5.74, 6) is 2.87. The monoisotopic (exact) mass is 524 g/mol. The fraction of sp³-hybridized carbons (Fsp3) is 0.167. The van der Waals surface area contributed by atoms with Crippen LogP contribution in [0.15, 0.2) is 101 Å². The van der Waals surface area contributed by atoms with Gasteiger partial charge in [0, 0.05) is 17.0 Å². The van der Waals surface area contributed by atoms with Crippen molar-refractivity contribution in [2.45, 2.75) is 30.7 Å². The Bertz CT molecular complexity index is 1510. The van der Waals surface area contributed by atoms with E-state index >= 15 is 0 Å². The highest BCUT2D eigenvalue weighted by Crippen LogP contribution is 2.33. The van der Waals surface area contributed by atoms with Crippen LogP contribution in [0.3, 0.4) is 0 Å². The first-order valence-corrected chi connectivity index (χ1v) is 13.3. The molecule has 1 N–H and O–H groups in total. The number of benzene rings is 3. The average molecular weight is 525 g/mol. The van der Waals surface area contributed by atoms with E-state index in [1.165, 1.54) is 5.56 Å². The van der Waals surface area contributed by atoms with Crippen molar-refractivity contribution in [1.29, 1.82) is 0 Å². The summed E-state index contributed by atoms with van der Waals surface area (Å²) in [6.07, 6.45) is 1.61. The van der Waals surface area contributed by atoms with Gasteiger partial charge in [-0.05, 0) is 65.6 Å². The second kappa shape index (κ2) is 11.4. The van der Waals surface area contributed by atoms with Crippen molar-refractivity contribution >= 4 is 23.4 Å². The van der Waals surface area contributed by atoms with Crippen LogP contribution in [0.25, 0.3) is 17.3 Å². The van der Waals surface area contributed by atoms with Gasteiger partial charge in [-0.25, -0.2) is 0 Å². The van der Waals surface area contributed by atoms with Crippen LogP contribution in [0, 0.1) is 0 Å². The number of carbonyl (C=O) groups excluding carboxylic acids is 1. The van der Waals surface area contributed by atoms with Crippen LogP contribution in [0.5, 0.6) is 5.75 Å². The Hall–Kier alpha value is -4.30. The average Bonchev–Trinajstić information content (AvgIpc) is 3.62. The van der Waals surface area contributed by atoms with Gasteiger partial charge in [0.2, 0.25) is 5.82 Å². The third kappa shape index (κ3) is 5.50. The lowest BCUT2D eigenvalue weighted by molar-refractivity contribution is 0.102. The van der Waals surface area contributed by atoms with E-state index in [-0.39, 0.29) is 5.91 Å². The first-order valence-electron chi connectivity index (χ1n) is 12.3. The summed E-state index contributed by atoms with van der Waals surface area (Å²) in [7, 11) is 1.64. The van der Waals surface area contributed by atoms with Gasteiger partial charge in [-0.3, -0.25) is 9.36 Å². The molecule has 0 unspecified atom stereocenters. The minimum atomic E-state index is -0.138. The summed E-state index contributed by atoms with van der Waals surface area (Å²) in [5.41, 5.74) is 4.50. The lowest BCUT2D eigenvalue weighted by Gasteiger charge is -2.13. The molecule has 1 amide bonds. The molecule has 192 valence electrons. The molecular weight excluding hydrogens is 496 g/mol. The lowest BCUT2D eigenvalue weighted by Crippen LogP contribution is -2.11. The molecular formula is C30H28N4O3S. The van der Waals surface area contributed by atoms with Crippen molar-refractivity contribution in [2.24, 2.45) is 0 Å². The number of anilines is 1. The van der Waals surface area contributed by atoms with Gasteiger partial charge in [0.1, 0.15) is 5.75 Å². The molecule has 0 bridgehead atoms. The topological polar surface area (TPSA) is 82.2 Å². The number of amides is 1. The smallest absolute Gasteiger partial charge is 0.255 e. The highest BCUT2D eigenvalue weighted by Gasteiger charge is 2.20. The molecule has 38 heavy (non-hydrogen) atoms. The molecule has 0 aliphatic carbocycles. The van der Waals surface area contributed by atoms with Crippen molar-refractivity contribution in [2.75, 3.05) is 12.4 Å². The number of hydrogen-bond acceptors (Lipinski definition) is 6. The number of methoxy groups -OCH3 is 1. The van der Waals surface area contributed by atoms with Gasteiger partial charge in [0.25, 0.3) is 5.91 Å².